The van der Waals surface area contributed by atoms with Gasteiger partial charge < -0.3 is 4.98 Å². The van der Waals surface area contributed by atoms with Crippen molar-refractivity contribution in [1.82, 2.24) is 4.98 Å². The molecule has 1 aromatic heterocycles. The number of rotatable bonds is 4. The van der Waals surface area contributed by atoms with Crippen LogP contribution in [0.25, 0.3) is 0 Å². The van der Waals surface area contributed by atoms with Crippen LogP contribution in [0, 0.1) is 0 Å². The minimum Gasteiger partial charge on any atom is -0.326 e. The van der Waals surface area contributed by atoms with Crippen LogP contribution in [-0.2, 0) is 12.8 Å². The fourth-order valence-corrected chi connectivity index (χ4v) is 1.50. The van der Waals surface area contributed by atoms with Gasteiger partial charge in [-0.1, -0.05) is 26.7 Å². The van der Waals surface area contributed by atoms with Crippen molar-refractivity contribution in [2.75, 3.05) is 0 Å². The molecule has 1 heterocycles. The summed E-state index contributed by atoms with van der Waals surface area (Å²) in [5.41, 5.74) is 2.27. The standard InChI is InChI=1S/C11H17NO/c1-3-5-9-7-10(6-4-2)12-11(13)8-9/h7-8H,3-6H2,1-2H3,(H,12,13). The fraction of sp³-hybridized carbons (Fsp3) is 0.545. The maximum Gasteiger partial charge on any atom is 0.248 e. The molecule has 2 nitrogen and oxygen atoms in total. The fourth-order valence-electron chi connectivity index (χ4n) is 1.50. The van der Waals surface area contributed by atoms with Gasteiger partial charge in [-0.2, -0.15) is 0 Å². The summed E-state index contributed by atoms with van der Waals surface area (Å²) in [5.74, 6) is 0. The highest BCUT2D eigenvalue weighted by atomic mass is 16.1. The first kappa shape index (κ1) is 10.0. The van der Waals surface area contributed by atoms with E-state index < -0.39 is 0 Å². The molecule has 2 heteroatoms. The summed E-state index contributed by atoms with van der Waals surface area (Å²) in [6, 6.07) is 3.80. The van der Waals surface area contributed by atoms with E-state index >= 15 is 0 Å². The van der Waals surface area contributed by atoms with Gasteiger partial charge in [0.15, 0.2) is 0 Å². The molecule has 0 fully saturated rings. The number of hydrogen-bond acceptors (Lipinski definition) is 1. The molecule has 1 aromatic rings. The topological polar surface area (TPSA) is 32.9 Å². The number of pyridine rings is 1. The van der Waals surface area contributed by atoms with Gasteiger partial charge in [0.05, 0.1) is 0 Å². The molecule has 1 rings (SSSR count). The molecular weight excluding hydrogens is 162 g/mol. The largest absolute Gasteiger partial charge is 0.326 e. The minimum atomic E-state index is 0.0365. The second-order valence-electron chi connectivity index (χ2n) is 3.38. The van der Waals surface area contributed by atoms with E-state index in [0.29, 0.717) is 0 Å². The molecule has 0 unspecified atom stereocenters. The first-order valence-corrected chi connectivity index (χ1v) is 4.98. The second-order valence-corrected chi connectivity index (χ2v) is 3.38. The molecule has 1 N–H and O–H groups in total. The minimum absolute atomic E-state index is 0.0365. The van der Waals surface area contributed by atoms with Crippen molar-refractivity contribution >= 4 is 0 Å². The molecule has 0 aromatic carbocycles. The molecule has 0 atom stereocenters. The van der Waals surface area contributed by atoms with Gasteiger partial charge >= 0.3 is 0 Å². The lowest BCUT2D eigenvalue weighted by Crippen LogP contribution is -2.09. The Balaban J connectivity index is 2.90. The van der Waals surface area contributed by atoms with Gasteiger partial charge in [-0.3, -0.25) is 4.79 Å². The molecule has 0 radical (unpaired) electrons. The summed E-state index contributed by atoms with van der Waals surface area (Å²) in [6.07, 6.45) is 4.13. The molecule has 0 saturated heterocycles. The van der Waals surface area contributed by atoms with E-state index in [1.165, 1.54) is 0 Å². The third kappa shape index (κ3) is 3.05. The zero-order chi connectivity index (χ0) is 9.68. The van der Waals surface area contributed by atoms with Gasteiger partial charge in [-0.15, -0.1) is 0 Å². The first-order valence-electron chi connectivity index (χ1n) is 4.98. The molecule has 13 heavy (non-hydrogen) atoms. The van der Waals surface area contributed by atoms with Gasteiger partial charge in [0.2, 0.25) is 5.56 Å². The molecule has 0 aliphatic carbocycles. The molecular formula is C11H17NO. The Morgan fingerprint density at radius 2 is 1.85 bits per heavy atom. The summed E-state index contributed by atoms with van der Waals surface area (Å²) in [5, 5.41) is 0. The SMILES string of the molecule is CCCc1cc(CCC)[nH]c(=O)c1. The Hall–Kier alpha value is -1.05. The van der Waals surface area contributed by atoms with E-state index in [0.717, 1.165) is 36.9 Å². The maximum absolute atomic E-state index is 11.2. The molecule has 72 valence electrons. The number of aryl methyl sites for hydroxylation is 2. The van der Waals surface area contributed by atoms with Gasteiger partial charge in [0, 0.05) is 11.8 Å². The van der Waals surface area contributed by atoms with Crippen LogP contribution in [0.5, 0.6) is 0 Å². The van der Waals surface area contributed by atoms with E-state index in [9.17, 15) is 4.79 Å². The van der Waals surface area contributed by atoms with Gasteiger partial charge in [0.25, 0.3) is 0 Å². The van der Waals surface area contributed by atoms with Crippen molar-refractivity contribution in [2.24, 2.45) is 0 Å². The Kier molecular flexibility index (Phi) is 3.74. The molecule has 0 spiro atoms. The normalized spacial score (nSPS) is 10.3. The zero-order valence-electron chi connectivity index (χ0n) is 8.39. The summed E-state index contributed by atoms with van der Waals surface area (Å²) >= 11 is 0. The highest BCUT2D eigenvalue weighted by Crippen LogP contribution is 2.03. The van der Waals surface area contributed by atoms with E-state index in [1.807, 2.05) is 0 Å². The Bertz CT molecular complexity index is 287. The molecule has 0 aliphatic rings. The summed E-state index contributed by atoms with van der Waals surface area (Å²) in [4.78, 5) is 14.1. The maximum atomic E-state index is 11.2. The van der Waals surface area contributed by atoms with Crippen LogP contribution in [0.3, 0.4) is 0 Å². The molecule has 0 aliphatic heterocycles. The van der Waals surface area contributed by atoms with Crippen LogP contribution in [0.1, 0.15) is 37.9 Å². The summed E-state index contributed by atoms with van der Waals surface area (Å²) < 4.78 is 0. The third-order valence-electron chi connectivity index (χ3n) is 2.02. The van der Waals surface area contributed by atoms with Crippen LogP contribution in [0.4, 0.5) is 0 Å². The third-order valence-corrected chi connectivity index (χ3v) is 2.02. The van der Waals surface area contributed by atoms with Crippen molar-refractivity contribution in [3.8, 4) is 0 Å². The van der Waals surface area contributed by atoms with Crippen molar-refractivity contribution in [1.29, 1.82) is 0 Å². The molecule has 0 bridgehead atoms. The lowest BCUT2D eigenvalue weighted by Gasteiger charge is -2.02. The number of H-pyrrole nitrogens is 1. The lowest BCUT2D eigenvalue weighted by molar-refractivity contribution is 0.854. The predicted octanol–water partition coefficient (Wildman–Crippen LogP) is 2.28. The monoisotopic (exact) mass is 179 g/mol. The lowest BCUT2D eigenvalue weighted by atomic mass is 10.1. The van der Waals surface area contributed by atoms with Crippen molar-refractivity contribution in [3.05, 3.63) is 33.7 Å². The molecule has 0 amide bonds. The smallest absolute Gasteiger partial charge is 0.248 e. The van der Waals surface area contributed by atoms with Crippen LogP contribution in [0.2, 0.25) is 0 Å². The van der Waals surface area contributed by atoms with Crippen molar-refractivity contribution in [2.45, 2.75) is 39.5 Å². The average molecular weight is 179 g/mol. The van der Waals surface area contributed by atoms with Gasteiger partial charge in [-0.25, -0.2) is 0 Å². The van der Waals surface area contributed by atoms with Crippen LogP contribution in [-0.4, -0.2) is 4.98 Å². The van der Waals surface area contributed by atoms with Gasteiger partial charge in [0.1, 0.15) is 0 Å². The van der Waals surface area contributed by atoms with Gasteiger partial charge in [-0.05, 0) is 24.5 Å². The number of nitrogens with one attached hydrogen (secondary N) is 1. The number of hydrogen-bond donors (Lipinski definition) is 1. The van der Waals surface area contributed by atoms with E-state index in [-0.39, 0.29) is 5.56 Å². The van der Waals surface area contributed by atoms with Crippen molar-refractivity contribution in [3.63, 3.8) is 0 Å². The first-order chi connectivity index (χ1) is 6.26. The number of aromatic nitrogens is 1. The van der Waals surface area contributed by atoms with Crippen LogP contribution in [0.15, 0.2) is 16.9 Å². The predicted molar refractivity (Wildman–Crippen MR) is 55.1 cm³/mol. The van der Waals surface area contributed by atoms with E-state index in [2.05, 4.69) is 24.9 Å². The summed E-state index contributed by atoms with van der Waals surface area (Å²) in [7, 11) is 0. The van der Waals surface area contributed by atoms with E-state index in [4.69, 9.17) is 0 Å². The van der Waals surface area contributed by atoms with E-state index in [1.54, 1.807) is 6.07 Å². The second kappa shape index (κ2) is 4.85. The Morgan fingerprint density at radius 3 is 2.46 bits per heavy atom. The highest BCUT2D eigenvalue weighted by Gasteiger charge is 1.97. The highest BCUT2D eigenvalue weighted by molar-refractivity contribution is 5.16. The summed E-state index contributed by atoms with van der Waals surface area (Å²) in [6.45, 7) is 4.24. The zero-order valence-corrected chi connectivity index (χ0v) is 8.39. The Morgan fingerprint density at radius 1 is 1.15 bits per heavy atom. The van der Waals surface area contributed by atoms with Crippen LogP contribution >= 0.6 is 0 Å². The number of aromatic amines is 1. The molecule has 0 saturated carbocycles. The van der Waals surface area contributed by atoms with Crippen LogP contribution < -0.4 is 5.56 Å². The average Bonchev–Trinajstić information content (AvgIpc) is 2.04. The quantitative estimate of drug-likeness (QED) is 0.755. The Labute approximate surface area is 79.0 Å². The van der Waals surface area contributed by atoms with Crippen molar-refractivity contribution < 1.29 is 0 Å².